The summed E-state index contributed by atoms with van der Waals surface area (Å²) < 4.78 is 67.5. The van der Waals surface area contributed by atoms with Crippen LogP contribution in [0.1, 0.15) is 35.6 Å². The van der Waals surface area contributed by atoms with Crippen LogP contribution in [0.15, 0.2) is 42.0 Å². The average Bonchev–Trinajstić information content (AvgIpc) is 2.84. The summed E-state index contributed by atoms with van der Waals surface area (Å²) in [6.07, 6.45) is -3.77. The van der Waals surface area contributed by atoms with Crippen LogP contribution < -0.4 is 0 Å². The molecule has 0 atom stereocenters. The van der Waals surface area contributed by atoms with Gasteiger partial charge < -0.3 is 5.11 Å². The molecule has 2 aromatic rings. The maximum absolute atomic E-state index is 14.4. The summed E-state index contributed by atoms with van der Waals surface area (Å²) in [4.78, 5) is 11.1. The van der Waals surface area contributed by atoms with Crippen LogP contribution in [-0.4, -0.2) is 11.1 Å². The summed E-state index contributed by atoms with van der Waals surface area (Å²) in [7, 11) is 0. The summed E-state index contributed by atoms with van der Waals surface area (Å²) in [5.74, 6) is -2.78. The minimum absolute atomic E-state index is 0.104. The van der Waals surface area contributed by atoms with Gasteiger partial charge in [-0.15, -0.1) is 0 Å². The van der Waals surface area contributed by atoms with E-state index in [-0.39, 0.29) is 27.8 Å². The van der Waals surface area contributed by atoms with Crippen molar-refractivity contribution in [2.45, 2.75) is 19.5 Å². The standard InChI is InChI=1S/C20H13F5O2/c1-10-13(8-11-3-2-4-12(7-11)20(23,24)25)18-15(21)5-6-16(22)19(18)14(10)9-17(26)27/h2-8H,9H2,1H3,(H,26,27)/b13-8+. The lowest BCUT2D eigenvalue weighted by Crippen LogP contribution is -2.04. The molecular weight excluding hydrogens is 367 g/mol. The van der Waals surface area contributed by atoms with Crippen molar-refractivity contribution in [3.05, 3.63) is 75.9 Å². The van der Waals surface area contributed by atoms with Crippen molar-refractivity contribution in [3.8, 4) is 0 Å². The second-order valence-corrected chi connectivity index (χ2v) is 6.13. The van der Waals surface area contributed by atoms with Crippen LogP contribution in [0, 0.1) is 11.6 Å². The molecule has 0 aliphatic heterocycles. The monoisotopic (exact) mass is 380 g/mol. The minimum Gasteiger partial charge on any atom is -0.481 e. The predicted octanol–water partition coefficient (Wildman–Crippen LogP) is 5.79. The molecule has 1 N–H and O–H groups in total. The van der Waals surface area contributed by atoms with Gasteiger partial charge in [0.05, 0.1) is 12.0 Å². The normalized spacial score (nSPS) is 15.4. The first-order valence-corrected chi connectivity index (χ1v) is 7.89. The smallest absolute Gasteiger partial charge is 0.416 e. The third kappa shape index (κ3) is 3.49. The summed E-state index contributed by atoms with van der Waals surface area (Å²) in [6, 6.07) is 6.23. The Morgan fingerprint density at radius 3 is 2.30 bits per heavy atom. The van der Waals surface area contributed by atoms with E-state index in [0.717, 1.165) is 24.3 Å². The second-order valence-electron chi connectivity index (χ2n) is 6.13. The number of carbonyl (C=O) groups is 1. The van der Waals surface area contributed by atoms with E-state index in [9.17, 15) is 26.7 Å². The molecule has 0 fully saturated rings. The fourth-order valence-electron chi connectivity index (χ4n) is 3.17. The summed E-state index contributed by atoms with van der Waals surface area (Å²) in [6.45, 7) is 1.50. The van der Waals surface area contributed by atoms with Gasteiger partial charge in [-0.05, 0) is 59.5 Å². The van der Waals surface area contributed by atoms with Gasteiger partial charge in [-0.3, -0.25) is 4.79 Å². The van der Waals surface area contributed by atoms with E-state index in [1.54, 1.807) is 0 Å². The minimum atomic E-state index is -4.54. The molecule has 0 unspecified atom stereocenters. The van der Waals surface area contributed by atoms with Crippen molar-refractivity contribution in [1.82, 2.24) is 0 Å². The highest BCUT2D eigenvalue weighted by atomic mass is 19.4. The molecule has 27 heavy (non-hydrogen) atoms. The Morgan fingerprint density at radius 2 is 1.70 bits per heavy atom. The van der Waals surface area contributed by atoms with Crippen LogP contribution in [0.25, 0.3) is 17.2 Å². The molecule has 0 heterocycles. The number of hydrogen-bond donors (Lipinski definition) is 1. The van der Waals surface area contributed by atoms with Crippen LogP contribution >= 0.6 is 0 Å². The van der Waals surface area contributed by atoms with E-state index in [2.05, 4.69) is 0 Å². The van der Waals surface area contributed by atoms with Gasteiger partial charge in [0.1, 0.15) is 11.6 Å². The highest BCUT2D eigenvalue weighted by Gasteiger charge is 2.32. The maximum atomic E-state index is 14.4. The van der Waals surface area contributed by atoms with Gasteiger partial charge in [0.2, 0.25) is 0 Å². The van der Waals surface area contributed by atoms with Gasteiger partial charge in [0.15, 0.2) is 0 Å². The largest absolute Gasteiger partial charge is 0.481 e. The highest BCUT2D eigenvalue weighted by molar-refractivity contribution is 6.07. The van der Waals surface area contributed by atoms with Gasteiger partial charge in [0.25, 0.3) is 0 Å². The molecule has 0 aromatic heterocycles. The zero-order chi connectivity index (χ0) is 19.9. The number of halogens is 5. The maximum Gasteiger partial charge on any atom is 0.416 e. The van der Waals surface area contributed by atoms with Gasteiger partial charge in [-0.2, -0.15) is 13.2 Å². The van der Waals surface area contributed by atoms with Gasteiger partial charge >= 0.3 is 12.1 Å². The number of hydrogen-bond acceptors (Lipinski definition) is 1. The van der Waals surface area contributed by atoms with Gasteiger partial charge in [0, 0.05) is 11.1 Å². The van der Waals surface area contributed by atoms with Crippen molar-refractivity contribution >= 4 is 23.2 Å². The number of rotatable bonds is 3. The number of fused-ring (bicyclic) bond motifs is 1. The Hall–Kier alpha value is -2.96. The van der Waals surface area contributed by atoms with Crippen molar-refractivity contribution < 1.29 is 31.9 Å². The van der Waals surface area contributed by atoms with E-state index in [0.29, 0.717) is 5.57 Å². The van der Waals surface area contributed by atoms with E-state index < -0.39 is 35.8 Å². The summed E-state index contributed by atoms with van der Waals surface area (Å²) >= 11 is 0. The summed E-state index contributed by atoms with van der Waals surface area (Å²) in [5.41, 5.74) is -0.444. The molecule has 2 nitrogen and oxygen atoms in total. The first kappa shape index (κ1) is 18.8. The van der Waals surface area contributed by atoms with E-state index in [1.165, 1.54) is 25.1 Å². The zero-order valence-electron chi connectivity index (χ0n) is 14.0. The van der Waals surface area contributed by atoms with Crippen LogP contribution in [0.5, 0.6) is 0 Å². The molecule has 0 saturated carbocycles. The summed E-state index contributed by atoms with van der Waals surface area (Å²) in [5, 5.41) is 9.08. The molecule has 0 radical (unpaired) electrons. The number of aliphatic carboxylic acids is 1. The first-order valence-electron chi connectivity index (χ1n) is 7.89. The van der Waals surface area contributed by atoms with Gasteiger partial charge in [-0.1, -0.05) is 12.1 Å². The molecule has 0 saturated heterocycles. The average molecular weight is 380 g/mol. The van der Waals surface area contributed by atoms with E-state index >= 15 is 0 Å². The van der Waals surface area contributed by atoms with Crippen molar-refractivity contribution in [2.24, 2.45) is 0 Å². The van der Waals surface area contributed by atoms with Gasteiger partial charge in [-0.25, -0.2) is 8.78 Å². The molecule has 7 heteroatoms. The third-order valence-electron chi connectivity index (χ3n) is 4.38. The fraction of sp³-hybridized carbons (Fsp3) is 0.150. The molecule has 0 bridgehead atoms. The Kier molecular flexibility index (Phi) is 4.63. The Balaban J connectivity index is 2.22. The SMILES string of the molecule is CC1=C(CC(=O)O)c2c(F)ccc(F)c2/C1=C/c1cccc(C(F)(F)F)c1. The lowest BCUT2D eigenvalue weighted by molar-refractivity contribution is -0.138. The Bertz CT molecular complexity index is 1000. The topological polar surface area (TPSA) is 37.3 Å². The molecular formula is C20H13F5O2. The number of alkyl halides is 3. The molecule has 140 valence electrons. The van der Waals surface area contributed by atoms with Crippen LogP contribution in [0.4, 0.5) is 22.0 Å². The predicted molar refractivity (Wildman–Crippen MR) is 90.5 cm³/mol. The van der Waals surface area contributed by atoms with Crippen LogP contribution in [0.2, 0.25) is 0 Å². The second kappa shape index (κ2) is 6.64. The number of carboxylic acids is 1. The molecule has 0 spiro atoms. The Morgan fingerprint density at radius 1 is 1.07 bits per heavy atom. The molecule has 1 aliphatic rings. The van der Waals surface area contributed by atoms with E-state index in [4.69, 9.17) is 5.11 Å². The third-order valence-corrected chi connectivity index (χ3v) is 4.38. The van der Waals surface area contributed by atoms with Crippen molar-refractivity contribution in [3.63, 3.8) is 0 Å². The van der Waals surface area contributed by atoms with Crippen LogP contribution in [-0.2, 0) is 11.0 Å². The van der Waals surface area contributed by atoms with Crippen molar-refractivity contribution in [1.29, 1.82) is 0 Å². The number of carboxylic acid groups (broad SMARTS) is 1. The van der Waals surface area contributed by atoms with E-state index in [1.807, 2.05) is 0 Å². The lowest BCUT2D eigenvalue weighted by atomic mass is 9.99. The Labute approximate surface area is 151 Å². The molecule has 3 rings (SSSR count). The molecule has 1 aliphatic carbocycles. The fourth-order valence-corrected chi connectivity index (χ4v) is 3.17. The van der Waals surface area contributed by atoms with Crippen molar-refractivity contribution in [2.75, 3.05) is 0 Å². The zero-order valence-corrected chi connectivity index (χ0v) is 14.0. The van der Waals surface area contributed by atoms with Crippen LogP contribution in [0.3, 0.4) is 0 Å². The first-order chi connectivity index (χ1) is 12.6. The molecule has 0 amide bonds. The molecule has 2 aromatic carbocycles. The highest BCUT2D eigenvalue weighted by Crippen LogP contribution is 2.46. The number of benzene rings is 2. The quantitative estimate of drug-likeness (QED) is 0.685. The number of allylic oxidation sites excluding steroid dienone is 2. The lowest BCUT2D eigenvalue weighted by Gasteiger charge is -2.09.